The lowest BCUT2D eigenvalue weighted by Gasteiger charge is -2.21. The number of hydrogen-bond donors (Lipinski definition) is 1. The van der Waals surface area contributed by atoms with Gasteiger partial charge in [-0.15, -0.1) is 0 Å². The average molecular weight is 368 g/mol. The topological polar surface area (TPSA) is 71.3 Å². The van der Waals surface area contributed by atoms with Crippen LogP contribution in [0.5, 0.6) is 0 Å². The minimum Gasteiger partial charge on any atom is -0.348 e. The smallest absolute Gasteiger partial charge is 0.348 e. The molecule has 2 aromatic rings. The summed E-state index contributed by atoms with van der Waals surface area (Å²) in [5.41, 5.74) is 0.757. The van der Waals surface area contributed by atoms with E-state index in [1.54, 1.807) is 0 Å². The average Bonchev–Trinajstić information content (AvgIpc) is 3.26. The Balaban J connectivity index is 1.61. The first-order chi connectivity index (χ1) is 12.3. The van der Waals surface area contributed by atoms with Crippen molar-refractivity contribution in [1.29, 1.82) is 0 Å². The van der Waals surface area contributed by atoms with Gasteiger partial charge in [0.1, 0.15) is 0 Å². The third-order valence-electron chi connectivity index (χ3n) is 4.18. The molecule has 0 saturated carbocycles. The molecule has 1 aromatic carbocycles. The lowest BCUT2D eigenvalue weighted by Crippen LogP contribution is -2.41. The summed E-state index contributed by atoms with van der Waals surface area (Å²) in [6.07, 6.45) is -2.31. The van der Waals surface area contributed by atoms with Gasteiger partial charge in [0.15, 0.2) is 0 Å². The van der Waals surface area contributed by atoms with E-state index >= 15 is 0 Å². The van der Waals surface area contributed by atoms with Gasteiger partial charge in [0.05, 0.1) is 0 Å². The molecule has 0 bridgehead atoms. The molecule has 2 heterocycles. The predicted molar refractivity (Wildman–Crippen MR) is 87.3 cm³/mol. The maximum absolute atomic E-state index is 12.5. The van der Waals surface area contributed by atoms with Crippen molar-refractivity contribution in [2.24, 2.45) is 0 Å². The van der Waals surface area contributed by atoms with Gasteiger partial charge in [0.2, 0.25) is 5.82 Å². The Kier molecular flexibility index (Phi) is 5.26. The molecule has 1 amide bonds. The second-order valence-corrected chi connectivity index (χ2v) is 6.38. The van der Waals surface area contributed by atoms with Gasteiger partial charge < -0.3 is 14.7 Å². The molecule has 6 nitrogen and oxygen atoms in total. The third-order valence-corrected chi connectivity index (χ3v) is 4.18. The number of nitrogens with one attached hydrogen (secondary N) is 1. The van der Waals surface area contributed by atoms with E-state index in [1.807, 2.05) is 6.92 Å². The number of halogens is 3. The molecule has 3 rings (SSSR count). The van der Waals surface area contributed by atoms with E-state index in [0.29, 0.717) is 11.1 Å². The standard InChI is InChI=1S/C17H19F3N4O2/c1-11(10-24-8-2-3-9-24)21-15(25)13-6-4-12(5-7-13)14-22-16(26-23-14)17(18,19)20/h4-7,11H,2-3,8-10H2,1H3,(H,21,25). The monoisotopic (exact) mass is 368 g/mol. The minimum atomic E-state index is -4.68. The number of amides is 1. The van der Waals surface area contributed by atoms with Crippen LogP contribution in [0, 0.1) is 0 Å². The normalized spacial score (nSPS) is 16.6. The van der Waals surface area contributed by atoms with Gasteiger partial charge in [0, 0.05) is 23.7 Å². The molecule has 1 aliphatic rings. The molecule has 0 radical (unpaired) electrons. The van der Waals surface area contributed by atoms with E-state index in [-0.39, 0.29) is 17.8 Å². The Hall–Kier alpha value is -2.42. The number of aromatic nitrogens is 2. The van der Waals surface area contributed by atoms with Crippen LogP contribution in [0.2, 0.25) is 0 Å². The highest BCUT2D eigenvalue weighted by Gasteiger charge is 2.38. The number of benzene rings is 1. The Morgan fingerprint density at radius 3 is 2.50 bits per heavy atom. The van der Waals surface area contributed by atoms with E-state index in [1.165, 1.54) is 37.1 Å². The van der Waals surface area contributed by atoms with E-state index in [2.05, 4.69) is 24.9 Å². The largest absolute Gasteiger partial charge is 0.471 e. The summed E-state index contributed by atoms with van der Waals surface area (Å²) in [5, 5.41) is 6.25. The van der Waals surface area contributed by atoms with E-state index in [9.17, 15) is 18.0 Å². The molecule has 1 saturated heterocycles. The number of carbonyl (C=O) groups is 1. The predicted octanol–water partition coefficient (Wildman–Crippen LogP) is 2.97. The fourth-order valence-electron chi connectivity index (χ4n) is 2.93. The fourth-order valence-corrected chi connectivity index (χ4v) is 2.93. The van der Waals surface area contributed by atoms with Gasteiger partial charge in [-0.25, -0.2) is 0 Å². The summed E-state index contributed by atoms with van der Waals surface area (Å²) >= 11 is 0. The molecule has 0 aliphatic carbocycles. The maximum Gasteiger partial charge on any atom is 0.471 e. The molecule has 0 spiro atoms. The maximum atomic E-state index is 12.5. The van der Waals surface area contributed by atoms with Crippen molar-refractivity contribution in [3.8, 4) is 11.4 Å². The third kappa shape index (κ3) is 4.40. The van der Waals surface area contributed by atoms with Crippen LogP contribution in [0.3, 0.4) is 0 Å². The van der Waals surface area contributed by atoms with Crippen LogP contribution >= 0.6 is 0 Å². The Labute approximate surface area is 148 Å². The van der Waals surface area contributed by atoms with Gasteiger partial charge >= 0.3 is 12.1 Å². The van der Waals surface area contributed by atoms with Crippen LogP contribution in [0.4, 0.5) is 13.2 Å². The van der Waals surface area contributed by atoms with Crippen molar-refractivity contribution >= 4 is 5.91 Å². The zero-order chi connectivity index (χ0) is 18.7. The Morgan fingerprint density at radius 2 is 1.92 bits per heavy atom. The summed E-state index contributed by atoms with van der Waals surface area (Å²) < 4.78 is 41.7. The lowest BCUT2D eigenvalue weighted by molar-refractivity contribution is -0.159. The number of carbonyl (C=O) groups excluding carboxylic acids is 1. The Morgan fingerprint density at radius 1 is 1.27 bits per heavy atom. The highest BCUT2D eigenvalue weighted by Crippen LogP contribution is 2.29. The van der Waals surface area contributed by atoms with Crippen LogP contribution < -0.4 is 5.32 Å². The summed E-state index contributed by atoms with van der Waals surface area (Å²) in [6.45, 7) is 4.86. The number of rotatable bonds is 5. The summed E-state index contributed by atoms with van der Waals surface area (Å²) in [4.78, 5) is 17.9. The van der Waals surface area contributed by atoms with E-state index < -0.39 is 12.1 Å². The van der Waals surface area contributed by atoms with Gasteiger partial charge in [-0.1, -0.05) is 17.3 Å². The molecule has 1 atom stereocenters. The Bertz CT molecular complexity index is 752. The van der Waals surface area contributed by atoms with Crippen molar-refractivity contribution in [3.05, 3.63) is 35.7 Å². The quantitative estimate of drug-likeness (QED) is 0.879. The van der Waals surface area contributed by atoms with Gasteiger partial charge in [-0.05, 0) is 45.0 Å². The first kappa shape index (κ1) is 18.4. The molecule has 1 unspecified atom stereocenters. The van der Waals surface area contributed by atoms with Crippen LogP contribution in [0.15, 0.2) is 28.8 Å². The molecule has 1 aliphatic heterocycles. The number of nitrogens with zero attached hydrogens (tertiary/aromatic N) is 3. The summed E-state index contributed by atoms with van der Waals surface area (Å²) in [6, 6.07) is 6.04. The van der Waals surface area contributed by atoms with Crippen LogP contribution in [0.25, 0.3) is 11.4 Å². The molecule has 140 valence electrons. The summed E-state index contributed by atoms with van der Waals surface area (Å²) in [7, 11) is 0. The van der Waals surface area contributed by atoms with Crippen molar-refractivity contribution in [2.75, 3.05) is 19.6 Å². The number of likely N-dealkylation sites (tertiary alicyclic amines) is 1. The number of alkyl halides is 3. The zero-order valence-corrected chi connectivity index (χ0v) is 14.2. The second-order valence-electron chi connectivity index (χ2n) is 6.38. The second kappa shape index (κ2) is 7.45. The highest BCUT2D eigenvalue weighted by atomic mass is 19.4. The summed E-state index contributed by atoms with van der Waals surface area (Å²) in [5.74, 6) is -1.80. The first-order valence-corrected chi connectivity index (χ1v) is 8.37. The highest BCUT2D eigenvalue weighted by molar-refractivity contribution is 5.94. The van der Waals surface area contributed by atoms with Crippen molar-refractivity contribution in [2.45, 2.75) is 32.0 Å². The molecule has 1 N–H and O–H groups in total. The zero-order valence-electron chi connectivity index (χ0n) is 14.2. The molecule has 26 heavy (non-hydrogen) atoms. The van der Waals surface area contributed by atoms with Crippen LogP contribution in [-0.2, 0) is 6.18 Å². The lowest BCUT2D eigenvalue weighted by atomic mass is 10.1. The van der Waals surface area contributed by atoms with E-state index in [4.69, 9.17) is 0 Å². The molecule has 9 heteroatoms. The number of hydrogen-bond acceptors (Lipinski definition) is 5. The van der Waals surface area contributed by atoms with Gasteiger partial charge in [-0.3, -0.25) is 4.79 Å². The van der Waals surface area contributed by atoms with Gasteiger partial charge in [-0.2, -0.15) is 18.2 Å². The minimum absolute atomic E-state index is 0.00632. The fraction of sp³-hybridized carbons (Fsp3) is 0.471. The molecule has 1 fully saturated rings. The molecular weight excluding hydrogens is 349 g/mol. The molecule has 1 aromatic heterocycles. The SMILES string of the molecule is CC(CN1CCCC1)NC(=O)c1ccc(-c2noc(C(F)(F)F)n2)cc1. The first-order valence-electron chi connectivity index (χ1n) is 8.37. The van der Waals surface area contributed by atoms with E-state index in [0.717, 1.165) is 19.6 Å². The van der Waals surface area contributed by atoms with Crippen molar-refractivity contribution in [1.82, 2.24) is 20.4 Å². The molecular formula is C17H19F3N4O2. The van der Waals surface area contributed by atoms with Gasteiger partial charge in [0.25, 0.3) is 5.91 Å². The van der Waals surface area contributed by atoms with Crippen molar-refractivity contribution < 1.29 is 22.5 Å². The van der Waals surface area contributed by atoms with Crippen LogP contribution in [-0.4, -0.2) is 46.6 Å². The van der Waals surface area contributed by atoms with Crippen molar-refractivity contribution in [3.63, 3.8) is 0 Å². The van der Waals surface area contributed by atoms with Crippen LogP contribution in [0.1, 0.15) is 36.0 Å².